The van der Waals surface area contributed by atoms with Gasteiger partial charge in [-0.05, 0) is 49.1 Å². The van der Waals surface area contributed by atoms with Crippen LogP contribution in [0.25, 0.3) is 0 Å². The third-order valence-electron chi connectivity index (χ3n) is 5.94. The molecule has 32 heavy (non-hydrogen) atoms. The van der Waals surface area contributed by atoms with Gasteiger partial charge in [-0.3, -0.25) is 19.3 Å². The summed E-state index contributed by atoms with van der Waals surface area (Å²) in [6.45, 7) is 0.585. The number of nitrogens with zero attached hydrogens (tertiary/aromatic N) is 1. The van der Waals surface area contributed by atoms with Gasteiger partial charge < -0.3 is 20.4 Å². The fourth-order valence-electron chi connectivity index (χ4n) is 4.19. The Kier molecular flexibility index (Phi) is 6.25. The van der Waals surface area contributed by atoms with Gasteiger partial charge in [0, 0.05) is 25.2 Å². The third-order valence-corrected chi connectivity index (χ3v) is 5.94. The molecule has 2 heterocycles. The van der Waals surface area contributed by atoms with Crippen LogP contribution in [-0.4, -0.2) is 40.7 Å². The molecule has 0 unspecified atom stereocenters. The summed E-state index contributed by atoms with van der Waals surface area (Å²) in [7, 11) is 0. The van der Waals surface area contributed by atoms with Gasteiger partial charge in [-0.25, -0.2) is 4.79 Å². The predicted octanol–water partition coefficient (Wildman–Crippen LogP) is 2.79. The largest absolute Gasteiger partial charge is 0.459 e. The number of carbonyl (C=O) groups excluding carboxylic acids is 4. The average Bonchev–Trinajstić information content (AvgIpc) is 3.52. The molecule has 1 aliphatic carbocycles. The molecule has 0 atom stereocenters. The summed E-state index contributed by atoms with van der Waals surface area (Å²) in [6, 6.07) is 10.00. The molecule has 9 heteroatoms. The molecule has 2 fully saturated rings. The zero-order chi connectivity index (χ0) is 22.6. The highest BCUT2D eigenvalue weighted by atomic mass is 16.3. The van der Waals surface area contributed by atoms with Crippen molar-refractivity contribution in [1.82, 2.24) is 15.5 Å². The second kappa shape index (κ2) is 9.25. The van der Waals surface area contributed by atoms with Crippen LogP contribution >= 0.6 is 0 Å². The van der Waals surface area contributed by atoms with Crippen LogP contribution < -0.4 is 16.0 Å². The minimum absolute atomic E-state index is 0.150. The summed E-state index contributed by atoms with van der Waals surface area (Å²) in [5, 5.41) is 8.41. The number of anilines is 1. The first-order valence-electron chi connectivity index (χ1n) is 10.8. The molecule has 1 aromatic carbocycles. The lowest BCUT2D eigenvalue weighted by atomic mass is 9.98. The van der Waals surface area contributed by atoms with E-state index in [1.54, 1.807) is 24.3 Å². The molecule has 1 aromatic heterocycles. The van der Waals surface area contributed by atoms with Crippen LogP contribution in [0.15, 0.2) is 47.1 Å². The van der Waals surface area contributed by atoms with Crippen LogP contribution in [-0.2, 0) is 16.1 Å². The van der Waals surface area contributed by atoms with E-state index in [1.165, 1.54) is 11.2 Å². The highest BCUT2D eigenvalue weighted by Crippen LogP contribution is 2.35. The Balaban J connectivity index is 1.18. The van der Waals surface area contributed by atoms with Gasteiger partial charge >= 0.3 is 6.03 Å². The van der Waals surface area contributed by atoms with Crippen LogP contribution in [0.4, 0.5) is 10.5 Å². The van der Waals surface area contributed by atoms with Crippen molar-refractivity contribution in [2.75, 3.05) is 11.9 Å². The van der Waals surface area contributed by atoms with Crippen LogP contribution in [0.1, 0.15) is 54.6 Å². The number of amides is 5. The number of furan rings is 1. The monoisotopic (exact) mass is 438 g/mol. The predicted molar refractivity (Wildman–Crippen MR) is 116 cm³/mol. The molecule has 3 N–H and O–H groups in total. The van der Waals surface area contributed by atoms with E-state index in [1.807, 2.05) is 12.1 Å². The summed E-state index contributed by atoms with van der Waals surface area (Å²) in [6.07, 6.45) is 5.35. The maximum Gasteiger partial charge on any atom is 0.325 e. The summed E-state index contributed by atoms with van der Waals surface area (Å²) >= 11 is 0. The normalized spacial score (nSPS) is 16.9. The molecule has 1 spiro atoms. The van der Waals surface area contributed by atoms with Gasteiger partial charge in [0.25, 0.3) is 11.8 Å². The van der Waals surface area contributed by atoms with E-state index in [4.69, 9.17) is 4.42 Å². The molecule has 4 rings (SSSR count). The van der Waals surface area contributed by atoms with Crippen LogP contribution in [0, 0.1) is 0 Å². The van der Waals surface area contributed by atoms with Gasteiger partial charge in [-0.1, -0.05) is 25.0 Å². The SMILES string of the molecule is O=C(CCCN1C(=O)NC2(CCCC2)C1=O)NCc1ccc(NC(=O)c2ccco2)cc1. The van der Waals surface area contributed by atoms with Gasteiger partial charge in [0.05, 0.1) is 6.26 Å². The Morgan fingerprint density at radius 3 is 2.53 bits per heavy atom. The van der Waals surface area contributed by atoms with Crippen molar-refractivity contribution in [3.05, 3.63) is 54.0 Å². The smallest absolute Gasteiger partial charge is 0.325 e. The lowest BCUT2D eigenvalue weighted by Crippen LogP contribution is -2.44. The van der Waals surface area contributed by atoms with Crippen molar-refractivity contribution in [3.8, 4) is 0 Å². The molecule has 0 bridgehead atoms. The van der Waals surface area contributed by atoms with Crippen LogP contribution in [0.5, 0.6) is 0 Å². The Morgan fingerprint density at radius 1 is 1.09 bits per heavy atom. The van der Waals surface area contributed by atoms with Crippen LogP contribution in [0.3, 0.4) is 0 Å². The fraction of sp³-hybridized carbons (Fsp3) is 0.391. The second-order valence-corrected chi connectivity index (χ2v) is 8.18. The van der Waals surface area contributed by atoms with E-state index in [0.717, 1.165) is 18.4 Å². The second-order valence-electron chi connectivity index (χ2n) is 8.18. The van der Waals surface area contributed by atoms with E-state index in [9.17, 15) is 19.2 Å². The standard InChI is InChI=1S/C23H26N4O5/c28-19(6-3-13-27-21(30)23(26-22(27)31)11-1-2-12-23)24-15-16-7-9-17(10-8-16)25-20(29)18-5-4-14-32-18/h4-5,7-10,14H,1-3,6,11-13,15H2,(H,24,28)(H,25,29)(H,26,31). The number of rotatable bonds is 8. The van der Waals surface area contributed by atoms with Gasteiger partial charge in [-0.2, -0.15) is 0 Å². The van der Waals surface area contributed by atoms with Gasteiger partial charge in [0.2, 0.25) is 5.91 Å². The molecular weight excluding hydrogens is 412 g/mol. The average molecular weight is 438 g/mol. The Labute approximate surface area is 185 Å². The van der Waals surface area contributed by atoms with Crippen molar-refractivity contribution in [3.63, 3.8) is 0 Å². The van der Waals surface area contributed by atoms with Crippen molar-refractivity contribution < 1.29 is 23.6 Å². The number of hydrogen-bond acceptors (Lipinski definition) is 5. The Bertz CT molecular complexity index is 994. The first-order chi connectivity index (χ1) is 15.5. The minimum atomic E-state index is -0.705. The van der Waals surface area contributed by atoms with Crippen LogP contribution in [0.2, 0.25) is 0 Å². The van der Waals surface area contributed by atoms with E-state index < -0.39 is 5.54 Å². The van der Waals surface area contributed by atoms with Gasteiger partial charge in [0.1, 0.15) is 5.54 Å². The number of hydrogen-bond donors (Lipinski definition) is 3. The topological polar surface area (TPSA) is 121 Å². The van der Waals surface area contributed by atoms with Gasteiger partial charge in [0.15, 0.2) is 5.76 Å². The summed E-state index contributed by atoms with van der Waals surface area (Å²) < 4.78 is 5.05. The fourth-order valence-corrected chi connectivity index (χ4v) is 4.19. The van der Waals surface area contributed by atoms with E-state index in [-0.39, 0.29) is 42.5 Å². The van der Waals surface area contributed by atoms with Crippen molar-refractivity contribution in [1.29, 1.82) is 0 Å². The van der Waals surface area contributed by atoms with E-state index >= 15 is 0 Å². The quantitative estimate of drug-likeness (QED) is 0.547. The maximum atomic E-state index is 12.6. The van der Waals surface area contributed by atoms with E-state index in [0.29, 0.717) is 31.5 Å². The number of urea groups is 1. The molecule has 1 saturated heterocycles. The summed E-state index contributed by atoms with van der Waals surface area (Å²) in [4.78, 5) is 50.1. The molecule has 2 aromatic rings. The number of benzene rings is 1. The van der Waals surface area contributed by atoms with Crippen molar-refractivity contribution >= 4 is 29.4 Å². The minimum Gasteiger partial charge on any atom is -0.459 e. The maximum absolute atomic E-state index is 12.6. The zero-order valence-corrected chi connectivity index (χ0v) is 17.7. The Morgan fingerprint density at radius 2 is 1.84 bits per heavy atom. The summed E-state index contributed by atoms with van der Waals surface area (Å²) in [5.74, 6) is -0.407. The summed E-state index contributed by atoms with van der Waals surface area (Å²) in [5.41, 5.74) is 0.796. The van der Waals surface area contributed by atoms with Gasteiger partial charge in [-0.15, -0.1) is 0 Å². The highest BCUT2D eigenvalue weighted by Gasteiger charge is 2.52. The number of carbonyl (C=O) groups is 4. The number of nitrogens with one attached hydrogen (secondary N) is 3. The lowest BCUT2D eigenvalue weighted by Gasteiger charge is -2.19. The molecule has 9 nitrogen and oxygen atoms in total. The third kappa shape index (κ3) is 4.66. The molecule has 168 valence electrons. The molecule has 0 radical (unpaired) electrons. The highest BCUT2D eigenvalue weighted by molar-refractivity contribution is 6.07. The molecule has 1 aliphatic heterocycles. The lowest BCUT2D eigenvalue weighted by molar-refractivity contribution is -0.131. The van der Waals surface area contributed by atoms with Crippen molar-refractivity contribution in [2.45, 2.75) is 50.6 Å². The first-order valence-corrected chi connectivity index (χ1v) is 10.8. The molecule has 1 saturated carbocycles. The number of imide groups is 1. The Hall–Kier alpha value is -3.62. The van der Waals surface area contributed by atoms with E-state index in [2.05, 4.69) is 16.0 Å². The molecular formula is C23H26N4O5. The molecule has 5 amide bonds. The van der Waals surface area contributed by atoms with Crippen molar-refractivity contribution in [2.24, 2.45) is 0 Å². The first kappa shape index (κ1) is 21.6. The zero-order valence-electron chi connectivity index (χ0n) is 17.7. The molecule has 2 aliphatic rings.